The lowest BCUT2D eigenvalue weighted by Crippen LogP contribution is -2.33. The van der Waals surface area contributed by atoms with Gasteiger partial charge in [0.1, 0.15) is 0 Å². The van der Waals surface area contributed by atoms with Crippen LogP contribution in [0, 0.1) is 5.92 Å². The summed E-state index contributed by atoms with van der Waals surface area (Å²) in [4.78, 5) is 7.11. The molecule has 0 N–H and O–H groups in total. The van der Waals surface area contributed by atoms with Gasteiger partial charge in [-0.2, -0.15) is 0 Å². The second kappa shape index (κ2) is 5.94. The van der Waals surface area contributed by atoms with Gasteiger partial charge in [-0.25, -0.2) is 4.99 Å². The molecule has 0 aromatic heterocycles. The molecule has 0 unspecified atom stereocenters. The van der Waals surface area contributed by atoms with Gasteiger partial charge in [0.05, 0.1) is 10.7 Å². The number of amidine groups is 1. The van der Waals surface area contributed by atoms with Crippen LogP contribution >= 0.6 is 35.0 Å². The standard InChI is InChI=1S/C14H16Cl2N2S/c15-11-4-5-13(12(16)8-11)17-14-18(6-7-19-14)9-10-2-1-3-10/h4-5,8,10H,1-3,6-7,9H2/b17-14-. The van der Waals surface area contributed by atoms with Crippen molar-refractivity contribution in [1.82, 2.24) is 4.90 Å². The van der Waals surface area contributed by atoms with Crippen molar-refractivity contribution >= 4 is 45.8 Å². The third-order valence-electron chi connectivity index (χ3n) is 3.69. The molecule has 2 nitrogen and oxygen atoms in total. The van der Waals surface area contributed by atoms with Crippen LogP contribution in [-0.4, -0.2) is 28.9 Å². The van der Waals surface area contributed by atoms with Gasteiger partial charge in [0.2, 0.25) is 0 Å². The lowest BCUT2D eigenvalue weighted by atomic mass is 9.85. The minimum atomic E-state index is 0.621. The summed E-state index contributed by atoms with van der Waals surface area (Å²) in [5.74, 6) is 1.99. The zero-order valence-corrected chi connectivity index (χ0v) is 12.9. The zero-order chi connectivity index (χ0) is 13.2. The second-order valence-electron chi connectivity index (χ2n) is 5.08. The average Bonchev–Trinajstić information content (AvgIpc) is 2.75. The van der Waals surface area contributed by atoms with Gasteiger partial charge < -0.3 is 4.90 Å². The summed E-state index contributed by atoms with van der Waals surface area (Å²) in [6, 6.07) is 5.47. The molecule has 3 rings (SSSR count). The van der Waals surface area contributed by atoms with Crippen LogP contribution in [0.2, 0.25) is 10.0 Å². The monoisotopic (exact) mass is 314 g/mol. The van der Waals surface area contributed by atoms with Crippen molar-refractivity contribution in [2.75, 3.05) is 18.8 Å². The van der Waals surface area contributed by atoms with E-state index in [4.69, 9.17) is 28.2 Å². The predicted molar refractivity (Wildman–Crippen MR) is 84.9 cm³/mol. The van der Waals surface area contributed by atoms with Crippen molar-refractivity contribution in [2.24, 2.45) is 10.9 Å². The van der Waals surface area contributed by atoms with Gasteiger partial charge in [0, 0.05) is 23.9 Å². The minimum absolute atomic E-state index is 0.621. The third kappa shape index (κ3) is 3.21. The maximum absolute atomic E-state index is 6.18. The molecule has 0 radical (unpaired) electrons. The topological polar surface area (TPSA) is 15.6 Å². The number of hydrogen-bond donors (Lipinski definition) is 0. The van der Waals surface area contributed by atoms with E-state index in [2.05, 4.69) is 4.90 Å². The molecule has 1 heterocycles. The van der Waals surface area contributed by atoms with Crippen LogP contribution < -0.4 is 0 Å². The molecular weight excluding hydrogens is 299 g/mol. The van der Waals surface area contributed by atoms with Crippen molar-refractivity contribution < 1.29 is 0 Å². The molecule has 102 valence electrons. The highest BCUT2D eigenvalue weighted by Gasteiger charge is 2.26. The van der Waals surface area contributed by atoms with E-state index >= 15 is 0 Å². The quantitative estimate of drug-likeness (QED) is 0.794. The molecule has 1 aliphatic heterocycles. The van der Waals surface area contributed by atoms with E-state index in [9.17, 15) is 0 Å². The average molecular weight is 315 g/mol. The van der Waals surface area contributed by atoms with Crippen molar-refractivity contribution in [1.29, 1.82) is 0 Å². The van der Waals surface area contributed by atoms with Crippen LogP contribution in [0.15, 0.2) is 23.2 Å². The van der Waals surface area contributed by atoms with E-state index < -0.39 is 0 Å². The molecule has 5 heteroatoms. The first-order valence-electron chi connectivity index (χ1n) is 6.64. The predicted octanol–water partition coefficient (Wildman–Crippen LogP) is 4.83. The van der Waals surface area contributed by atoms with E-state index in [1.165, 1.54) is 19.3 Å². The first kappa shape index (κ1) is 13.6. The van der Waals surface area contributed by atoms with E-state index in [-0.39, 0.29) is 0 Å². The fourth-order valence-electron chi connectivity index (χ4n) is 2.37. The summed E-state index contributed by atoms with van der Waals surface area (Å²) in [6.45, 7) is 2.25. The van der Waals surface area contributed by atoms with Gasteiger partial charge in [-0.1, -0.05) is 41.4 Å². The molecule has 1 aromatic rings. The van der Waals surface area contributed by atoms with Crippen molar-refractivity contribution in [3.8, 4) is 0 Å². The van der Waals surface area contributed by atoms with Crippen LogP contribution in [-0.2, 0) is 0 Å². The summed E-state index contributed by atoms with van der Waals surface area (Å²) in [5.41, 5.74) is 0.814. The van der Waals surface area contributed by atoms with E-state index in [0.717, 1.165) is 35.6 Å². The van der Waals surface area contributed by atoms with Crippen LogP contribution in [0.3, 0.4) is 0 Å². The summed E-state index contributed by atoms with van der Waals surface area (Å²) < 4.78 is 0. The number of aliphatic imine (C=N–C) groups is 1. The summed E-state index contributed by atoms with van der Waals surface area (Å²) in [7, 11) is 0. The summed E-state index contributed by atoms with van der Waals surface area (Å²) in [5, 5.41) is 2.38. The van der Waals surface area contributed by atoms with Gasteiger partial charge in [-0.15, -0.1) is 0 Å². The summed E-state index contributed by atoms with van der Waals surface area (Å²) >= 11 is 13.9. The van der Waals surface area contributed by atoms with Crippen molar-refractivity contribution in [3.05, 3.63) is 28.2 Å². The minimum Gasteiger partial charge on any atom is -0.350 e. The first-order chi connectivity index (χ1) is 9.22. The van der Waals surface area contributed by atoms with Gasteiger partial charge in [0.15, 0.2) is 5.17 Å². The van der Waals surface area contributed by atoms with Crippen LogP contribution in [0.5, 0.6) is 0 Å². The second-order valence-corrected chi connectivity index (χ2v) is 6.99. The number of hydrogen-bond acceptors (Lipinski definition) is 2. The fraction of sp³-hybridized carbons (Fsp3) is 0.500. The molecular formula is C14H16Cl2N2S. The highest BCUT2D eigenvalue weighted by molar-refractivity contribution is 8.14. The van der Waals surface area contributed by atoms with Crippen LogP contribution in [0.1, 0.15) is 19.3 Å². The molecule has 2 fully saturated rings. The molecule has 1 aromatic carbocycles. The molecule has 0 spiro atoms. The molecule has 19 heavy (non-hydrogen) atoms. The Morgan fingerprint density at radius 2 is 2.16 bits per heavy atom. The van der Waals surface area contributed by atoms with Gasteiger partial charge in [0.25, 0.3) is 0 Å². The highest BCUT2D eigenvalue weighted by atomic mass is 35.5. The number of benzene rings is 1. The maximum Gasteiger partial charge on any atom is 0.164 e. The SMILES string of the molecule is Clc1ccc(/N=C2\SCCN2CC2CCC2)c(Cl)c1. The van der Waals surface area contributed by atoms with E-state index in [1.807, 2.05) is 23.9 Å². The normalized spacial score (nSPS) is 22.0. The van der Waals surface area contributed by atoms with Crippen LogP contribution in [0.4, 0.5) is 5.69 Å². The Kier molecular flexibility index (Phi) is 4.25. The Balaban J connectivity index is 1.76. The Morgan fingerprint density at radius 3 is 2.84 bits per heavy atom. The zero-order valence-electron chi connectivity index (χ0n) is 10.6. The molecule has 0 atom stereocenters. The first-order valence-corrected chi connectivity index (χ1v) is 8.38. The molecule has 0 amide bonds. The van der Waals surface area contributed by atoms with Gasteiger partial charge in [-0.05, 0) is 37.0 Å². The maximum atomic E-state index is 6.18. The van der Waals surface area contributed by atoms with E-state index in [0.29, 0.717) is 10.0 Å². The largest absolute Gasteiger partial charge is 0.350 e. The van der Waals surface area contributed by atoms with Crippen LogP contribution in [0.25, 0.3) is 0 Å². The number of thioether (sulfide) groups is 1. The lowest BCUT2D eigenvalue weighted by molar-refractivity contribution is 0.250. The molecule has 1 aliphatic carbocycles. The number of nitrogens with zero attached hydrogens (tertiary/aromatic N) is 2. The fourth-order valence-corrected chi connectivity index (χ4v) is 3.82. The van der Waals surface area contributed by atoms with E-state index in [1.54, 1.807) is 6.07 Å². The molecule has 0 bridgehead atoms. The Morgan fingerprint density at radius 1 is 1.32 bits per heavy atom. The number of halogens is 2. The molecule has 2 aliphatic rings. The van der Waals surface area contributed by atoms with Gasteiger partial charge >= 0.3 is 0 Å². The Hall–Kier alpha value is -0.380. The number of rotatable bonds is 3. The smallest absolute Gasteiger partial charge is 0.164 e. The lowest BCUT2D eigenvalue weighted by Gasteiger charge is -2.30. The van der Waals surface area contributed by atoms with Crippen molar-refractivity contribution in [3.63, 3.8) is 0 Å². The summed E-state index contributed by atoms with van der Waals surface area (Å²) in [6.07, 6.45) is 4.13. The third-order valence-corrected chi connectivity index (χ3v) is 5.22. The van der Waals surface area contributed by atoms with Crippen molar-refractivity contribution in [2.45, 2.75) is 19.3 Å². The molecule has 1 saturated carbocycles. The van der Waals surface area contributed by atoms with Gasteiger partial charge in [-0.3, -0.25) is 0 Å². The molecule has 1 saturated heterocycles. The highest BCUT2D eigenvalue weighted by Crippen LogP contribution is 2.33. The Labute approximate surface area is 128 Å². The Bertz CT molecular complexity index is 500.